The van der Waals surface area contributed by atoms with Crippen LogP contribution in [0.4, 0.5) is 4.79 Å². The molecule has 4 unspecified atom stereocenters. The third-order valence-corrected chi connectivity index (χ3v) is 4.61. The Morgan fingerprint density at radius 2 is 2.05 bits per heavy atom. The van der Waals surface area contributed by atoms with E-state index >= 15 is 0 Å². The summed E-state index contributed by atoms with van der Waals surface area (Å²) in [6.45, 7) is 3.43. The number of carbonyl (C=O) groups is 2. The molecule has 114 valence electrons. The van der Waals surface area contributed by atoms with Gasteiger partial charge in [-0.3, -0.25) is 4.79 Å². The van der Waals surface area contributed by atoms with Crippen molar-refractivity contribution in [1.29, 1.82) is 0 Å². The van der Waals surface area contributed by atoms with E-state index in [1.807, 2.05) is 4.90 Å². The molecule has 2 aliphatic rings. The van der Waals surface area contributed by atoms with Gasteiger partial charge in [-0.25, -0.2) is 4.79 Å². The molecule has 1 aliphatic carbocycles. The average Bonchev–Trinajstić information content (AvgIpc) is 2.89. The van der Waals surface area contributed by atoms with Crippen LogP contribution in [0.5, 0.6) is 0 Å². The molecule has 1 saturated carbocycles. The maximum atomic E-state index is 12.5. The molecular weight excluding hydrogens is 258 g/mol. The first-order valence-electron chi connectivity index (χ1n) is 7.40. The highest BCUT2D eigenvalue weighted by atomic mass is 16.5. The van der Waals surface area contributed by atoms with Crippen molar-refractivity contribution in [2.24, 2.45) is 17.6 Å². The van der Waals surface area contributed by atoms with Crippen molar-refractivity contribution in [2.75, 3.05) is 20.2 Å². The molecule has 0 radical (unpaired) electrons. The number of nitrogens with zero attached hydrogens (tertiary/aromatic N) is 1. The molecule has 2 amide bonds. The maximum Gasteiger partial charge on any atom is 0.407 e. The summed E-state index contributed by atoms with van der Waals surface area (Å²) in [5, 5.41) is 2.75. The van der Waals surface area contributed by atoms with Gasteiger partial charge in [0.15, 0.2) is 0 Å². The Morgan fingerprint density at radius 3 is 2.70 bits per heavy atom. The van der Waals surface area contributed by atoms with E-state index in [1.165, 1.54) is 7.11 Å². The SMILES string of the molecule is COC(=O)NC1CCN(C(=O)C2CCC(C)C(N)C2)C1. The Morgan fingerprint density at radius 1 is 1.30 bits per heavy atom. The third-order valence-electron chi connectivity index (χ3n) is 4.61. The molecule has 6 heteroatoms. The molecule has 6 nitrogen and oxygen atoms in total. The van der Waals surface area contributed by atoms with E-state index in [0.717, 1.165) is 25.7 Å². The van der Waals surface area contributed by atoms with E-state index < -0.39 is 6.09 Å². The lowest BCUT2D eigenvalue weighted by molar-refractivity contribution is -0.136. The zero-order valence-corrected chi connectivity index (χ0v) is 12.3. The van der Waals surface area contributed by atoms with Crippen LogP contribution >= 0.6 is 0 Å². The molecule has 0 aromatic heterocycles. The number of carbonyl (C=O) groups excluding carboxylic acids is 2. The van der Waals surface area contributed by atoms with Gasteiger partial charge < -0.3 is 20.7 Å². The summed E-state index contributed by atoms with van der Waals surface area (Å²) in [6, 6.07) is 0.131. The molecule has 4 atom stereocenters. The van der Waals surface area contributed by atoms with Gasteiger partial charge in [-0.2, -0.15) is 0 Å². The summed E-state index contributed by atoms with van der Waals surface area (Å²) in [4.78, 5) is 25.5. The normalized spacial score (nSPS) is 33.9. The third kappa shape index (κ3) is 3.42. The van der Waals surface area contributed by atoms with Crippen molar-refractivity contribution in [1.82, 2.24) is 10.2 Å². The first-order valence-corrected chi connectivity index (χ1v) is 7.40. The second-order valence-corrected chi connectivity index (χ2v) is 6.06. The van der Waals surface area contributed by atoms with E-state index in [9.17, 15) is 9.59 Å². The highest BCUT2D eigenvalue weighted by Gasteiger charge is 2.35. The molecular formula is C14H25N3O3. The lowest BCUT2D eigenvalue weighted by atomic mass is 9.79. The van der Waals surface area contributed by atoms with Gasteiger partial charge in [-0.1, -0.05) is 6.92 Å². The largest absolute Gasteiger partial charge is 0.453 e. The molecule has 1 aliphatic heterocycles. The van der Waals surface area contributed by atoms with E-state index in [4.69, 9.17) is 5.73 Å². The zero-order valence-electron chi connectivity index (χ0n) is 12.3. The number of nitrogens with one attached hydrogen (secondary N) is 1. The minimum atomic E-state index is -0.433. The standard InChI is InChI=1S/C14H25N3O3/c1-9-3-4-10(7-12(9)15)13(18)17-6-5-11(8-17)16-14(19)20-2/h9-12H,3-8,15H2,1-2H3,(H,16,19). The second-order valence-electron chi connectivity index (χ2n) is 6.06. The smallest absolute Gasteiger partial charge is 0.407 e. The fourth-order valence-electron chi connectivity index (χ4n) is 3.14. The van der Waals surface area contributed by atoms with Gasteiger partial charge in [0, 0.05) is 25.0 Å². The van der Waals surface area contributed by atoms with Gasteiger partial charge >= 0.3 is 6.09 Å². The first kappa shape index (κ1) is 15.1. The molecule has 1 saturated heterocycles. The maximum absolute atomic E-state index is 12.5. The van der Waals surface area contributed by atoms with Crippen LogP contribution < -0.4 is 11.1 Å². The molecule has 3 N–H and O–H groups in total. The Kier molecular flexibility index (Phi) is 4.86. The number of hydrogen-bond donors (Lipinski definition) is 2. The highest BCUT2D eigenvalue weighted by molar-refractivity contribution is 5.79. The second kappa shape index (κ2) is 6.43. The topological polar surface area (TPSA) is 84.7 Å². The lowest BCUT2D eigenvalue weighted by Crippen LogP contribution is -2.44. The average molecular weight is 283 g/mol. The summed E-state index contributed by atoms with van der Waals surface area (Å²) in [7, 11) is 1.35. The summed E-state index contributed by atoms with van der Waals surface area (Å²) >= 11 is 0. The molecule has 0 aromatic rings. The van der Waals surface area contributed by atoms with Crippen LogP contribution in [0.2, 0.25) is 0 Å². The predicted molar refractivity (Wildman–Crippen MR) is 75.0 cm³/mol. The summed E-state index contributed by atoms with van der Waals surface area (Å²) in [6.07, 6.45) is 3.09. The number of methoxy groups -OCH3 is 1. The number of nitrogens with two attached hydrogens (primary N) is 1. The van der Waals surface area contributed by atoms with Crippen molar-refractivity contribution in [3.05, 3.63) is 0 Å². The Hall–Kier alpha value is -1.30. The van der Waals surface area contributed by atoms with E-state index in [2.05, 4.69) is 17.0 Å². The predicted octanol–water partition coefficient (Wildman–Crippen LogP) is 0.707. The van der Waals surface area contributed by atoms with Crippen molar-refractivity contribution >= 4 is 12.0 Å². The Bertz CT molecular complexity index is 375. The van der Waals surface area contributed by atoms with Crippen LogP contribution in [-0.2, 0) is 9.53 Å². The van der Waals surface area contributed by atoms with Gasteiger partial charge in [-0.05, 0) is 31.6 Å². The van der Waals surface area contributed by atoms with Crippen LogP contribution in [0.1, 0.15) is 32.6 Å². The lowest BCUT2D eigenvalue weighted by Gasteiger charge is -2.33. The number of hydrogen-bond acceptors (Lipinski definition) is 4. The molecule has 2 fully saturated rings. The fourth-order valence-corrected chi connectivity index (χ4v) is 3.14. The highest BCUT2D eigenvalue weighted by Crippen LogP contribution is 2.29. The van der Waals surface area contributed by atoms with E-state index in [1.54, 1.807) is 0 Å². The van der Waals surface area contributed by atoms with Crippen molar-refractivity contribution in [3.8, 4) is 0 Å². The Balaban J connectivity index is 1.83. The van der Waals surface area contributed by atoms with Crippen LogP contribution in [0, 0.1) is 11.8 Å². The monoisotopic (exact) mass is 283 g/mol. The van der Waals surface area contributed by atoms with Crippen LogP contribution in [0.3, 0.4) is 0 Å². The summed E-state index contributed by atoms with van der Waals surface area (Å²) < 4.78 is 4.58. The number of amides is 2. The minimum absolute atomic E-state index is 0.00240. The summed E-state index contributed by atoms with van der Waals surface area (Å²) in [5.41, 5.74) is 6.07. The van der Waals surface area contributed by atoms with E-state index in [0.29, 0.717) is 19.0 Å². The zero-order chi connectivity index (χ0) is 14.7. The number of ether oxygens (including phenoxy) is 1. The number of likely N-dealkylation sites (tertiary alicyclic amines) is 1. The summed E-state index contributed by atoms with van der Waals surface area (Å²) in [5.74, 6) is 0.756. The molecule has 1 heterocycles. The fraction of sp³-hybridized carbons (Fsp3) is 0.857. The molecule has 0 aromatic carbocycles. The van der Waals surface area contributed by atoms with Crippen LogP contribution in [-0.4, -0.2) is 49.2 Å². The first-order chi connectivity index (χ1) is 9.51. The van der Waals surface area contributed by atoms with Crippen molar-refractivity contribution in [2.45, 2.75) is 44.7 Å². The van der Waals surface area contributed by atoms with E-state index in [-0.39, 0.29) is 23.9 Å². The quantitative estimate of drug-likeness (QED) is 0.781. The van der Waals surface area contributed by atoms with Crippen molar-refractivity contribution < 1.29 is 14.3 Å². The van der Waals surface area contributed by atoms with Crippen molar-refractivity contribution in [3.63, 3.8) is 0 Å². The van der Waals surface area contributed by atoms with Gasteiger partial charge in [0.2, 0.25) is 5.91 Å². The van der Waals surface area contributed by atoms with Gasteiger partial charge in [0.05, 0.1) is 13.2 Å². The number of rotatable bonds is 2. The van der Waals surface area contributed by atoms with Gasteiger partial charge in [0.25, 0.3) is 0 Å². The molecule has 2 rings (SSSR count). The Labute approximate surface area is 120 Å². The molecule has 20 heavy (non-hydrogen) atoms. The minimum Gasteiger partial charge on any atom is -0.453 e. The van der Waals surface area contributed by atoms with Crippen LogP contribution in [0.15, 0.2) is 0 Å². The van der Waals surface area contributed by atoms with Gasteiger partial charge in [-0.15, -0.1) is 0 Å². The van der Waals surface area contributed by atoms with Crippen LogP contribution in [0.25, 0.3) is 0 Å². The molecule has 0 spiro atoms. The molecule has 0 bridgehead atoms. The number of alkyl carbamates (subject to hydrolysis) is 1. The van der Waals surface area contributed by atoms with Gasteiger partial charge in [0.1, 0.15) is 0 Å².